The molecule has 0 aliphatic carbocycles. The van der Waals surface area contributed by atoms with Gasteiger partial charge in [-0.25, -0.2) is 13.6 Å². The lowest BCUT2D eigenvalue weighted by molar-refractivity contribution is 0.603. The predicted molar refractivity (Wildman–Crippen MR) is 91.7 cm³/mol. The van der Waals surface area contributed by atoms with E-state index in [1.807, 2.05) is 69.2 Å². The van der Waals surface area contributed by atoms with Crippen LogP contribution < -0.4 is 5.14 Å². The quantitative estimate of drug-likeness (QED) is 0.644. The first-order chi connectivity index (χ1) is 8.41. The first-order valence-electron chi connectivity index (χ1n) is 7.39. The molecular formula is C14H43NO2S. The van der Waals surface area contributed by atoms with Crippen molar-refractivity contribution in [1.82, 2.24) is 0 Å². The summed E-state index contributed by atoms with van der Waals surface area (Å²) < 4.78 is 18.8. The normalized spacial score (nSPS) is 5.89. The highest BCUT2D eigenvalue weighted by Crippen LogP contribution is 1.56. The van der Waals surface area contributed by atoms with Crippen molar-refractivity contribution in [3.05, 3.63) is 0 Å². The zero-order chi connectivity index (χ0) is 17.2. The molecule has 0 radical (unpaired) electrons. The molecule has 0 rings (SSSR count). The van der Waals surface area contributed by atoms with Crippen LogP contribution in [0.2, 0.25) is 0 Å². The van der Waals surface area contributed by atoms with Crippen LogP contribution in [0, 0.1) is 0 Å². The average molecular weight is 290 g/mol. The van der Waals surface area contributed by atoms with E-state index in [-0.39, 0.29) is 0 Å². The zero-order valence-electron chi connectivity index (χ0n) is 15.5. The molecule has 4 heteroatoms. The largest absolute Gasteiger partial charge is 0.229 e. The molecule has 0 aliphatic heterocycles. The van der Waals surface area contributed by atoms with Crippen molar-refractivity contribution in [2.24, 2.45) is 5.14 Å². The van der Waals surface area contributed by atoms with Gasteiger partial charge in [0.25, 0.3) is 0 Å². The summed E-state index contributed by atoms with van der Waals surface area (Å²) in [5, 5.41) is 4.33. The molecule has 0 fully saturated rings. The number of nitrogens with two attached hydrogens (primary N) is 1. The van der Waals surface area contributed by atoms with E-state index in [9.17, 15) is 8.42 Å². The Bertz CT molecular complexity index is 114. The van der Waals surface area contributed by atoms with Crippen LogP contribution in [0.4, 0.5) is 0 Å². The molecule has 0 unspecified atom stereocenters. The van der Waals surface area contributed by atoms with Crippen LogP contribution in [0.15, 0.2) is 0 Å². The van der Waals surface area contributed by atoms with E-state index in [4.69, 9.17) is 0 Å². The van der Waals surface area contributed by atoms with Crippen molar-refractivity contribution in [3.63, 3.8) is 0 Å². The van der Waals surface area contributed by atoms with Gasteiger partial charge in [0.15, 0.2) is 0 Å². The Hall–Kier alpha value is -0.0900. The summed E-state index contributed by atoms with van der Waals surface area (Å²) in [5.74, 6) is 0. The Morgan fingerprint density at radius 1 is 0.667 bits per heavy atom. The topological polar surface area (TPSA) is 60.2 Å². The lowest BCUT2D eigenvalue weighted by atomic mass is 10.6. The SMILES string of the molecule is CC.CC.CC.CC.CC.CCC.CS(N)(=O)=O. The van der Waals surface area contributed by atoms with Crippen LogP contribution in [0.1, 0.15) is 89.5 Å². The Morgan fingerprint density at radius 3 is 0.667 bits per heavy atom. The molecule has 0 atom stereocenters. The molecule has 0 bridgehead atoms. The summed E-state index contributed by atoms with van der Waals surface area (Å²) in [6.45, 7) is 24.2. The molecule has 0 spiro atoms. The molecule has 0 amide bonds. The Balaban J connectivity index is -0.0000000166. The minimum Gasteiger partial charge on any atom is -0.229 e. The van der Waals surface area contributed by atoms with Gasteiger partial charge in [-0.1, -0.05) is 89.5 Å². The second-order valence-corrected chi connectivity index (χ2v) is 3.20. The third-order valence-corrected chi connectivity index (χ3v) is 0. The molecule has 0 saturated heterocycles. The van der Waals surface area contributed by atoms with Crippen molar-refractivity contribution in [1.29, 1.82) is 0 Å². The van der Waals surface area contributed by atoms with Crippen LogP contribution in [0.3, 0.4) is 0 Å². The summed E-state index contributed by atoms with van der Waals surface area (Å²) in [6.07, 6.45) is 2.19. The van der Waals surface area contributed by atoms with Gasteiger partial charge in [-0.2, -0.15) is 0 Å². The van der Waals surface area contributed by atoms with E-state index in [0.29, 0.717) is 0 Å². The Kier molecular flexibility index (Phi) is 214. The molecule has 0 aliphatic rings. The van der Waals surface area contributed by atoms with Crippen molar-refractivity contribution in [2.75, 3.05) is 6.26 Å². The second-order valence-electron chi connectivity index (χ2n) is 1.54. The second kappa shape index (κ2) is 89.6. The smallest absolute Gasteiger partial charge is 0.206 e. The van der Waals surface area contributed by atoms with Crippen LogP contribution in [0.5, 0.6) is 0 Å². The molecule has 122 valence electrons. The summed E-state index contributed by atoms with van der Waals surface area (Å²) in [7, 11) is -3.17. The third-order valence-electron chi connectivity index (χ3n) is 0. The first-order valence-corrected chi connectivity index (χ1v) is 9.35. The predicted octanol–water partition coefficient (Wildman–Crippen LogP) is 5.45. The molecule has 3 nitrogen and oxygen atoms in total. The first kappa shape index (κ1) is 43.0. The van der Waals surface area contributed by atoms with Crippen LogP contribution in [0.25, 0.3) is 0 Å². The van der Waals surface area contributed by atoms with E-state index < -0.39 is 10.0 Å². The monoisotopic (exact) mass is 289 g/mol. The van der Waals surface area contributed by atoms with E-state index >= 15 is 0 Å². The Labute approximate surface area is 120 Å². The van der Waals surface area contributed by atoms with Gasteiger partial charge < -0.3 is 0 Å². The van der Waals surface area contributed by atoms with Crippen molar-refractivity contribution < 1.29 is 8.42 Å². The maximum Gasteiger partial charge on any atom is 0.206 e. The molecule has 0 aromatic rings. The average Bonchev–Trinajstić information content (AvgIpc) is 2.40. The van der Waals surface area contributed by atoms with Gasteiger partial charge >= 0.3 is 0 Å². The maximum atomic E-state index is 9.41. The van der Waals surface area contributed by atoms with Gasteiger partial charge in [-0.3, -0.25) is 0 Å². The number of sulfonamides is 1. The molecule has 2 N–H and O–H groups in total. The number of hydrogen-bond donors (Lipinski definition) is 1. The van der Waals surface area contributed by atoms with Gasteiger partial charge in [-0.05, 0) is 0 Å². The fourth-order valence-corrected chi connectivity index (χ4v) is 0. The van der Waals surface area contributed by atoms with Gasteiger partial charge in [0.2, 0.25) is 10.0 Å². The van der Waals surface area contributed by atoms with Gasteiger partial charge in [0, 0.05) is 0 Å². The third kappa shape index (κ3) is 437000. The molecule has 0 aromatic carbocycles. The minimum atomic E-state index is -3.17. The van der Waals surface area contributed by atoms with Crippen LogP contribution in [-0.4, -0.2) is 14.7 Å². The lowest BCUT2D eigenvalue weighted by Gasteiger charge is -1.71. The zero-order valence-corrected chi connectivity index (χ0v) is 16.3. The fourth-order valence-electron chi connectivity index (χ4n) is 0. The maximum absolute atomic E-state index is 9.41. The Morgan fingerprint density at radius 2 is 0.667 bits per heavy atom. The van der Waals surface area contributed by atoms with Crippen molar-refractivity contribution >= 4 is 10.0 Å². The fraction of sp³-hybridized carbons (Fsp3) is 1.00. The standard InChI is InChI=1S/C3H8.5C2H6.CH5NO2S/c1-3-2;5*1-2;1-5(2,3)4/h3H2,1-2H3;5*1-2H3;1H3,(H2,2,3,4). The van der Waals surface area contributed by atoms with Crippen molar-refractivity contribution in [3.8, 4) is 0 Å². The summed E-state index contributed by atoms with van der Waals surface area (Å²) in [5.41, 5.74) is 0. The summed E-state index contributed by atoms with van der Waals surface area (Å²) in [6, 6.07) is 0. The lowest BCUT2D eigenvalue weighted by Crippen LogP contribution is -2.07. The highest BCUT2D eigenvalue weighted by Gasteiger charge is 1.78. The summed E-state index contributed by atoms with van der Waals surface area (Å²) >= 11 is 0. The molecular weight excluding hydrogens is 246 g/mol. The van der Waals surface area contributed by atoms with Crippen LogP contribution in [-0.2, 0) is 10.0 Å². The molecule has 0 aromatic heterocycles. The number of hydrogen-bond acceptors (Lipinski definition) is 2. The van der Waals surface area contributed by atoms with Gasteiger partial charge in [0.05, 0.1) is 6.26 Å². The molecule has 18 heavy (non-hydrogen) atoms. The van der Waals surface area contributed by atoms with Gasteiger partial charge in [0.1, 0.15) is 0 Å². The highest BCUT2D eigenvalue weighted by molar-refractivity contribution is 7.88. The van der Waals surface area contributed by atoms with Crippen molar-refractivity contribution in [2.45, 2.75) is 89.5 Å². The van der Waals surface area contributed by atoms with Crippen LogP contribution >= 0.6 is 0 Å². The van der Waals surface area contributed by atoms with E-state index in [2.05, 4.69) is 19.0 Å². The number of primary sulfonamides is 1. The number of rotatable bonds is 0. The van der Waals surface area contributed by atoms with E-state index in [1.165, 1.54) is 6.42 Å². The highest BCUT2D eigenvalue weighted by atomic mass is 32.2. The minimum absolute atomic E-state index is 0.938. The van der Waals surface area contributed by atoms with E-state index in [0.717, 1.165) is 6.26 Å². The molecule has 0 saturated carbocycles. The molecule has 0 heterocycles. The van der Waals surface area contributed by atoms with E-state index in [1.54, 1.807) is 0 Å². The summed E-state index contributed by atoms with van der Waals surface area (Å²) in [4.78, 5) is 0. The van der Waals surface area contributed by atoms with Gasteiger partial charge in [-0.15, -0.1) is 0 Å².